The lowest BCUT2D eigenvalue weighted by Gasteiger charge is -2.16. The van der Waals surface area contributed by atoms with Gasteiger partial charge in [-0.1, -0.05) is 30.3 Å². The van der Waals surface area contributed by atoms with Crippen LogP contribution in [0.2, 0.25) is 0 Å². The topological polar surface area (TPSA) is 52.6 Å². The van der Waals surface area contributed by atoms with E-state index in [4.69, 9.17) is 0 Å². The standard InChI is InChI=1S/C26H19F3O4/c1-15-2-3-16(10-20(15)17-4-6-21(27)18(12-17)14-30)11-24(31)25(8-9-25)19-5-7-22-23(13-19)33-26(28,29)32-22/h2-7,10,12-14H,8-9,11H2,1H3. The number of ketones is 1. The molecule has 0 unspecified atom stereocenters. The molecule has 1 fully saturated rings. The molecule has 2 aliphatic rings. The molecular weight excluding hydrogens is 433 g/mol. The number of hydrogen-bond donors (Lipinski definition) is 0. The fraction of sp³-hybridized carbons (Fsp3) is 0.231. The van der Waals surface area contributed by atoms with Crippen molar-refractivity contribution in [1.82, 2.24) is 0 Å². The number of aryl methyl sites for hydroxylation is 1. The molecular formula is C26H19F3O4. The minimum Gasteiger partial charge on any atom is -0.395 e. The molecule has 0 saturated heterocycles. The zero-order valence-electron chi connectivity index (χ0n) is 17.7. The summed E-state index contributed by atoms with van der Waals surface area (Å²) in [5, 5.41) is 0. The molecule has 3 aromatic carbocycles. The van der Waals surface area contributed by atoms with Gasteiger partial charge in [0.2, 0.25) is 0 Å². The second-order valence-corrected chi connectivity index (χ2v) is 8.51. The van der Waals surface area contributed by atoms with Gasteiger partial charge in [0.25, 0.3) is 0 Å². The molecule has 0 N–H and O–H groups in total. The van der Waals surface area contributed by atoms with Gasteiger partial charge in [-0.3, -0.25) is 9.59 Å². The van der Waals surface area contributed by atoms with Gasteiger partial charge in [-0.2, -0.15) is 0 Å². The first-order valence-electron chi connectivity index (χ1n) is 10.5. The van der Waals surface area contributed by atoms with E-state index < -0.39 is 17.5 Å². The number of rotatable bonds is 6. The van der Waals surface area contributed by atoms with E-state index in [2.05, 4.69) is 9.47 Å². The zero-order valence-corrected chi connectivity index (χ0v) is 17.7. The van der Waals surface area contributed by atoms with Gasteiger partial charge in [0.15, 0.2) is 17.8 Å². The third-order valence-corrected chi connectivity index (χ3v) is 6.34. The van der Waals surface area contributed by atoms with Crippen LogP contribution >= 0.6 is 0 Å². The summed E-state index contributed by atoms with van der Waals surface area (Å²) in [6.45, 7) is 1.90. The maximum absolute atomic E-state index is 13.7. The molecule has 7 heteroatoms. The summed E-state index contributed by atoms with van der Waals surface area (Å²) in [4.78, 5) is 24.4. The fourth-order valence-electron chi connectivity index (χ4n) is 4.35. The minimum absolute atomic E-state index is 0.0179. The average molecular weight is 452 g/mol. The predicted octanol–water partition coefficient (Wildman–Crippen LogP) is 5.78. The van der Waals surface area contributed by atoms with Crippen molar-refractivity contribution in [3.63, 3.8) is 0 Å². The molecule has 0 amide bonds. The number of benzene rings is 3. The number of carbonyl (C=O) groups is 2. The number of carbonyl (C=O) groups excluding carboxylic acids is 2. The van der Waals surface area contributed by atoms with Crippen LogP contribution in [0.4, 0.5) is 13.2 Å². The first-order valence-corrected chi connectivity index (χ1v) is 10.5. The first kappa shape index (κ1) is 21.2. The highest BCUT2D eigenvalue weighted by Crippen LogP contribution is 2.52. The van der Waals surface area contributed by atoms with Gasteiger partial charge < -0.3 is 9.47 Å². The number of hydrogen-bond acceptors (Lipinski definition) is 4. The average Bonchev–Trinajstić information content (AvgIpc) is 3.52. The largest absolute Gasteiger partial charge is 0.586 e. The molecule has 5 rings (SSSR count). The molecule has 0 atom stereocenters. The van der Waals surface area contributed by atoms with E-state index in [1.165, 1.54) is 24.3 Å². The third kappa shape index (κ3) is 3.77. The van der Waals surface area contributed by atoms with E-state index in [-0.39, 0.29) is 29.3 Å². The number of halogens is 3. The summed E-state index contributed by atoms with van der Waals surface area (Å²) >= 11 is 0. The maximum Gasteiger partial charge on any atom is 0.586 e. The predicted molar refractivity (Wildman–Crippen MR) is 114 cm³/mol. The van der Waals surface area contributed by atoms with E-state index in [9.17, 15) is 22.8 Å². The van der Waals surface area contributed by atoms with Crippen LogP contribution in [0.5, 0.6) is 11.5 Å². The van der Waals surface area contributed by atoms with Crippen molar-refractivity contribution in [2.45, 2.75) is 37.9 Å². The van der Waals surface area contributed by atoms with Gasteiger partial charge in [0, 0.05) is 6.42 Å². The van der Waals surface area contributed by atoms with E-state index >= 15 is 0 Å². The minimum atomic E-state index is -3.70. The second kappa shape index (κ2) is 7.47. The van der Waals surface area contributed by atoms with Crippen molar-refractivity contribution in [2.75, 3.05) is 0 Å². The Hall–Kier alpha value is -3.61. The molecule has 0 spiro atoms. The lowest BCUT2D eigenvalue weighted by molar-refractivity contribution is -0.286. The Kier molecular flexibility index (Phi) is 4.81. The zero-order chi connectivity index (χ0) is 23.4. The van der Waals surface area contributed by atoms with Crippen LogP contribution in [0.3, 0.4) is 0 Å². The van der Waals surface area contributed by atoms with E-state index in [0.29, 0.717) is 30.3 Å². The molecule has 168 valence electrons. The lowest BCUT2D eigenvalue weighted by atomic mass is 9.86. The van der Waals surface area contributed by atoms with Gasteiger partial charge in [0.1, 0.15) is 11.6 Å². The van der Waals surface area contributed by atoms with Gasteiger partial charge in [-0.15, -0.1) is 8.78 Å². The number of alkyl halides is 2. The highest BCUT2D eigenvalue weighted by Gasteiger charge is 2.52. The Morgan fingerprint density at radius 2 is 1.76 bits per heavy atom. The van der Waals surface area contributed by atoms with Crippen LogP contribution < -0.4 is 9.47 Å². The Balaban J connectivity index is 1.41. The molecule has 1 aliphatic carbocycles. The second-order valence-electron chi connectivity index (χ2n) is 8.51. The molecule has 0 aromatic heterocycles. The van der Waals surface area contributed by atoms with Crippen LogP contribution in [0.1, 0.15) is 39.9 Å². The summed E-state index contributed by atoms with van der Waals surface area (Å²) in [6, 6.07) is 14.4. The van der Waals surface area contributed by atoms with Crippen LogP contribution in [0.15, 0.2) is 54.6 Å². The number of Topliss-reactive ketones (excluding diaryl/α,β-unsaturated/α-hetero) is 1. The molecule has 0 bridgehead atoms. The fourth-order valence-corrected chi connectivity index (χ4v) is 4.35. The van der Waals surface area contributed by atoms with Crippen molar-refractivity contribution in [1.29, 1.82) is 0 Å². The van der Waals surface area contributed by atoms with Crippen LogP contribution in [-0.2, 0) is 16.6 Å². The highest BCUT2D eigenvalue weighted by molar-refractivity contribution is 5.95. The molecule has 4 nitrogen and oxygen atoms in total. The Bertz CT molecular complexity index is 1290. The van der Waals surface area contributed by atoms with Gasteiger partial charge in [-0.25, -0.2) is 4.39 Å². The summed E-state index contributed by atoms with van der Waals surface area (Å²) < 4.78 is 49.4. The van der Waals surface area contributed by atoms with Gasteiger partial charge in [-0.05, 0) is 71.8 Å². The Labute approximate surface area is 188 Å². The van der Waals surface area contributed by atoms with Crippen molar-refractivity contribution in [3.05, 3.63) is 82.7 Å². The number of aldehydes is 1. The Morgan fingerprint density at radius 1 is 1.00 bits per heavy atom. The van der Waals surface area contributed by atoms with Crippen molar-refractivity contribution < 1.29 is 32.2 Å². The first-order chi connectivity index (χ1) is 15.7. The lowest BCUT2D eigenvalue weighted by Crippen LogP contribution is -2.26. The summed E-state index contributed by atoms with van der Waals surface area (Å²) in [7, 11) is 0. The highest BCUT2D eigenvalue weighted by atomic mass is 19.3. The summed E-state index contributed by atoms with van der Waals surface area (Å²) in [5.74, 6) is -0.730. The molecule has 1 heterocycles. The number of fused-ring (bicyclic) bond motifs is 1. The van der Waals surface area contributed by atoms with E-state index in [1.807, 2.05) is 25.1 Å². The number of ether oxygens (including phenoxy) is 2. The molecule has 3 aromatic rings. The molecule has 0 radical (unpaired) electrons. The SMILES string of the molecule is Cc1ccc(CC(=O)C2(c3ccc4c(c3)OC(F)(F)O4)CC2)cc1-c1ccc(F)c(C=O)c1. The molecule has 33 heavy (non-hydrogen) atoms. The van der Waals surface area contributed by atoms with Crippen LogP contribution in [0.25, 0.3) is 11.1 Å². The van der Waals surface area contributed by atoms with Gasteiger partial charge in [0.05, 0.1) is 11.0 Å². The quantitative estimate of drug-likeness (QED) is 0.445. The Morgan fingerprint density at radius 3 is 2.48 bits per heavy atom. The summed E-state index contributed by atoms with van der Waals surface area (Å²) in [6.07, 6.45) is -1.83. The monoisotopic (exact) mass is 452 g/mol. The molecule has 1 saturated carbocycles. The smallest absolute Gasteiger partial charge is 0.395 e. The van der Waals surface area contributed by atoms with Crippen molar-refractivity contribution in [2.24, 2.45) is 0 Å². The normalized spacial score (nSPS) is 17.0. The molecule has 1 aliphatic heterocycles. The van der Waals surface area contributed by atoms with Crippen molar-refractivity contribution in [3.8, 4) is 22.6 Å². The van der Waals surface area contributed by atoms with Crippen LogP contribution in [0, 0.1) is 12.7 Å². The van der Waals surface area contributed by atoms with E-state index in [0.717, 1.165) is 16.7 Å². The summed E-state index contributed by atoms with van der Waals surface area (Å²) in [5.41, 5.74) is 3.06. The van der Waals surface area contributed by atoms with E-state index in [1.54, 1.807) is 12.1 Å². The van der Waals surface area contributed by atoms with Crippen LogP contribution in [-0.4, -0.2) is 18.4 Å². The van der Waals surface area contributed by atoms with Gasteiger partial charge >= 0.3 is 6.29 Å². The maximum atomic E-state index is 13.7. The van der Waals surface area contributed by atoms with Crippen molar-refractivity contribution >= 4 is 12.1 Å². The third-order valence-electron chi connectivity index (χ3n) is 6.34.